The molecule has 0 saturated carbocycles. The van der Waals surface area contributed by atoms with E-state index in [0.717, 1.165) is 32.6 Å². The molecule has 0 aliphatic carbocycles. The van der Waals surface area contributed by atoms with Gasteiger partial charge in [-0.2, -0.15) is 0 Å². The number of aryl methyl sites for hydroxylation is 1. The van der Waals surface area contributed by atoms with Crippen molar-refractivity contribution in [3.05, 3.63) is 22.7 Å². The fourth-order valence-electron chi connectivity index (χ4n) is 2.79. The first-order valence-electron chi connectivity index (χ1n) is 7.42. The van der Waals surface area contributed by atoms with E-state index < -0.39 is 0 Å². The summed E-state index contributed by atoms with van der Waals surface area (Å²) in [6, 6.07) is 0.151. The van der Waals surface area contributed by atoms with Crippen LogP contribution in [0, 0.1) is 0 Å². The van der Waals surface area contributed by atoms with Gasteiger partial charge in [-0.15, -0.1) is 0 Å². The Bertz CT molecular complexity index is 551. The molecule has 1 fully saturated rings. The predicted octanol–water partition coefficient (Wildman–Crippen LogP) is 0.450. The topological polar surface area (TPSA) is 67.4 Å². The molecule has 2 heterocycles. The van der Waals surface area contributed by atoms with Crippen molar-refractivity contribution in [2.45, 2.75) is 32.9 Å². The maximum atomic E-state index is 12.3. The molecule has 1 saturated heterocycles. The number of nitrogens with zero attached hydrogens (tertiary/aromatic N) is 4. The Hall–Kier alpha value is -1.47. The lowest BCUT2D eigenvalue weighted by atomic mass is 10.1. The lowest BCUT2D eigenvalue weighted by Crippen LogP contribution is -2.54. The molecule has 0 aromatic carbocycles. The summed E-state index contributed by atoms with van der Waals surface area (Å²) in [6.07, 6.45) is 4.33. The van der Waals surface area contributed by atoms with Crippen molar-refractivity contribution in [1.82, 2.24) is 14.5 Å². The van der Waals surface area contributed by atoms with Gasteiger partial charge in [0.1, 0.15) is 0 Å². The molecule has 1 unspecified atom stereocenters. The van der Waals surface area contributed by atoms with Crippen LogP contribution in [-0.2, 0) is 6.54 Å². The average Bonchev–Trinajstić information content (AvgIpc) is 2.49. The van der Waals surface area contributed by atoms with Crippen molar-refractivity contribution in [3.63, 3.8) is 0 Å². The number of hydrogen-bond donors (Lipinski definition) is 1. The number of hydrogen-bond acceptors (Lipinski definition) is 5. The summed E-state index contributed by atoms with van der Waals surface area (Å²) < 4.78 is 1.68. The van der Waals surface area contributed by atoms with Crippen LogP contribution in [0.3, 0.4) is 0 Å². The van der Waals surface area contributed by atoms with E-state index in [0.29, 0.717) is 17.4 Å². The standard InChI is InChI=1S/C14H23N5OS/c1-3-11(12(15)21)18-7-9-19(10-8-18)13-14(20)17(4-2)6-5-16-13/h5-6,11H,3-4,7-10H2,1-2H3,(H2,15,21). The van der Waals surface area contributed by atoms with E-state index in [2.05, 4.69) is 21.7 Å². The summed E-state index contributed by atoms with van der Waals surface area (Å²) in [7, 11) is 0. The van der Waals surface area contributed by atoms with Crippen LogP contribution in [0.15, 0.2) is 17.2 Å². The van der Waals surface area contributed by atoms with Crippen molar-refractivity contribution in [3.8, 4) is 0 Å². The highest BCUT2D eigenvalue weighted by molar-refractivity contribution is 7.80. The van der Waals surface area contributed by atoms with Gasteiger partial charge in [0.2, 0.25) is 0 Å². The largest absolute Gasteiger partial charge is 0.392 e. The first kappa shape index (κ1) is 15.9. The van der Waals surface area contributed by atoms with Crippen LogP contribution in [0.5, 0.6) is 0 Å². The number of anilines is 1. The van der Waals surface area contributed by atoms with Crippen molar-refractivity contribution in [2.24, 2.45) is 5.73 Å². The first-order valence-corrected chi connectivity index (χ1v) is 7.83. The average molecular weight is 309 g/mol. The molecule has 116 valence electrons. The third-order valence-corrected chi connectivity index (χ3v) is 4.28. The van der Waals surface area contributed by atoms with Crippen LogP contribution in [-0.4, -0.2) is 51.7 Å². The molecular formula is C14H23N5OS. The summed E-state index contributed by atoms with van der Waals surface area (Å²) in [5.74, 6) is 0.544. The minimum atomic E-state index is -0.0187. The summed E-state index contributed by atoms with van der Waals surface area (Å²) in [5.41, 5.74) is 5.78. The Morgan fingerprint density at radius 3 is 2.57 bits per heavy atom. The minimum Gasteiger partial charge on any atom is -0.392 e. The van der Waals surface area contributed by atoms with E-state index >= 15 is 0 Å². The maximum absolute atomic E-state index is 12.3. The smallest absolute Gasteiger partial charge is 0.293 e. The van der Waals surface area contributed by atoms with Gasteiger partial charge in [0.15, 0.2) is 5.82 Å². The van der Waals surface area contributed by atoms with Crippen LogP contribution in [0.2, 0.25) is 0 Å². The molecule has 2 N–H and O–H groups in total. The molecule has 0 radical (unpaired) electrons. The number of nitrogens with two attached hydrogens (primary N) is 1. The van der Waals surface area contributed by atoms with Crippen molar-refractivity contribution < 1.29 is 0 Å². The van der Waals surface area contributed by atoms with Crippen molar-refractivity contribution >= 4 is 23.0 Å². The lowest BCUT2D eigenvalue weighted by Gasteiger charge is -2.38. The predicted molar refractivity (Wildman–Crippen MR) is 88.8 cm³/mol. The van der Waals surface area contributed by atoms with Crippen LogP contribution < -0.4 is 16.2 Å². The Morgan fingerprint density at radius 2 is 2.05 bits per heavy atom. The molecule has 0 bridgehead atoms. The van der Waals surface area contributed by atoms with Gasteiger partial charge < -0.3 is 15.2 Å². The molecule has 0 amide bonds. The number of thiocarbonyl (C=S) groups is 1. The molecule has 7 heteroatoms. The molecule has 0 spiro atoms. The van der Waals surface area contributed by atoms with Crippen LogP contribution in [0.4, 0.5) is 5.82 Å². The normalized spacial score (nSPS) is 17.7. The fourth-order valence-corrected chi connectivity index (χ4v) is 3.10. The molecule has 2 rings (SSSR count). The zero-order valence-corrected chi connectivity index (χ0v) is 13.5. The van der Waals surface area contributed by atoms with Gasteiger partial charge in [0.05, 0.1) is 11.0 Å². The second-order valence-electron chi connectivity index (χ2n) is 5.19. The van der Waals surface area contributed by atoms with Gasteiger partial charge in [-0.25, -0.2) is 4.98 Å². The van der Waals surface area contributed by atoms with Gasteiger partial charge in [-0.05, 0) is 13.3 Å². The number of aromatic nitrogens is 2. The Balaban J connectivity index is 2.08. The van der Waals surface area contributed by atoms with Gasteiger partial charge >= 0.3 is 0 Å². The van der Waals surface area contributed by atoms with Gasteiger partial charge in [-0.3, -0.25) is 9.69 Å². The van der Waals surface area contributed by atoms with Gasteiger partial charge in [0.25, 0.3) is 5.56 Å². The highest BCUT2D eigenvalue weighted by Crippen LogP contribution is 2.13. The maximum Gasteiger partial charge on any atom is 0.293 e. The molecule has 1 aromatic heterocycles. The monoisotopic (exact) mass is 309 g/mol. The van der Waals surface area contributed by atoms with Crippen molar-refractivity contribution in [1.29, 1.82) is 0 Å². The third kappa shape index (κ3) is 3.41. The van der Waals surface area contributed by atoms with E-state index in [9.17, 15) is 4.79 Å². The second-order valence-corrected chi connectivity index (χ2v) is 5.66. The Kier molecular flexibility index (Phi) is 5.30. The molecule has 21 heavy (non-hydrogen) atoms. The minimum absolute atomic E-state index is 0.0187. The molecule has 1 aliphatic heterocycles. The van der Waals surface area contributed by atoms with Crippen LogP contribution in [0.25, 0.3) is 0 Å². The molecule has 1 aliphatic rings. The highest BCUT2D eigenvalue weighted by Gasteiger charge is 2.26. The van der Waals surface area contributed by atoms with Crippen molar-refractivity contribution in [2.75, 3.05) is 31.1 Å². The van der Waals surface area contributed by atoms with E-state index in [1.54, 1.807) is 17.0 Å². The SMILES string of the molecule is CCC(C(N)=S)N1CCN(c2nccn(CC)c2=O)CC1. The lowest BCUT2D eigenvalue weighted by molar-refractivity contribution is 0.223. The van der Waals surface area contributed by atoms with E-state index in [-0.39, 0.29) is 11.6 Å². The zero-order valence-electron chi connectivity index (χ0n) is 12.7. The van der Waals surface area contributed by atoms with E-state index in [4.69, 9.17) is 18.0 Å². The summed E-state index contributed by atoms with van der Waals surface area (Å²) >= 11 is 5.13. The Morgan fingerprint density at radius 1 is 1.38 bits per heavy atom. The molecule has 1 aromatic rings. The zero-order chi connectivity index (χ0) is 15.4. The van der Waals surface area contributed by atoms with Gasteiger partial charge in [-0.1, -0.05) is 19.1 Å². The summed E-state index contributed by atoms with van der Waals surface area (Å²) in [6.45, 7) is 7.94. The van der Waals surface area contributed by atoms with E-state index in [1.807, 2.05) is 6.92 Å². The molecule has 6 nitrogen and oxygen atoms in total. The van der Waals surface area contributed by atoms with E-state index in [1.165, 1.54) is 0 Å². The Labute approximate surface area is 130 Å². The van der Waals surface area contributed by atoms with Crippen LogP contribution >= 0.6 is 12.2 Å². The third-order valence-electron chi connectivity index (χ3n) is 4.01. The first-order chi connectivity index (χ1) is 10.1. The van der Waals surface area contributed by atoms with Crippen LogP contribution in [0.1, 0.15) is 20.3 Å². The van der Waals surface area contributed by atoms with Gasteiger partial charge in [0, 0.05) is 45.1 Å². The quantitative estimate of drug-likeness (QED) is 0.797. The fraction of sp³-hybridized carbons (Fsp3) is 0.643. The molecular weight excluding hydrogens is 286 g/mol. The number of piperazine rings is 1. The summed E-state index contributed by atoms with van der Waals surface area (Å²) in [5, 5.41) is 0. The molecule has 1 atom stereocenters. The second kappa shape index (κ2) is 7.00. The number of rotatable bonds is 5. The highest BCUT2D eigenvalue weighted by atomic mass is 32.1. The summed E-state index contributed by atoms with van der Waals surface area (Å²) in [4.78, 5) is 21.4.